The number of carbonyl (C=O) groups excluding carboxylic acids is 3. The highest BCUT2D eigenvalue weighted by molar-refractivity contribution is 9.10. The first-order chi connectivity index (χ1) is 11.6. The molecular formula is C17H25BrN2O4Si. The molecule has 0 saturated heterocycles. The third kappa shape index (κ3) is 8.31. The van der Waals surface area contributed by atoms with Gasteiger partial charge < -0.3 is 15.4 Å². The largest absolute Gasteiger partial charge is 0.468 e. The average molecular weight is 429 g/mol. The van der Waals surface area contributed by atoms with E-state index in [1.165, 1.54) is 0 Å². The Morgan fingerprint density at radius 1 is 1.24 bits per heavy atom. The monoisotopic (exact) mass is 428 g/mol. The second-order valence-corrected chi connectivity index (χ2v) is 13.4. The molecule has 1 aromatic carbocycles. The fourth-order valence-electron chi connectivity index (χ4n) is 1.91. The number of ether oxygens (including phenoxy) is 1. The second kappa shape index (κ2) is 9.72. The van der Waals surface area contributed by atoms with Crippen molar-refractivity contribution < 1.29 is 19.1 Å². The summed E-state index contributed by atoms with van der Waals surface area (Å²) in [5.74, 6) is -0.892. The fraction of sp³-hybridized carbons (Fsp3) is 0.471. The molecule has 0 unspecified atom stereocenters. The number of esters is 1. The van der Waals surface area contributed by atoms with Crippen LogP contribution in [0.4, 0.5) is 0 Å². The van der Waals surface area contributed by atoms with Gasteiger partial charge in [-0.2, -0.15) is 0 Å². The summed E-state index contributed by atoms with van der Waals surface area (Å²) in [5, 5.41) is 5.04. The Balaban J connectivity index is 2.84. The van der Waals surface area contributed by atoms with Crippen molar-refractivity contribution in [3.63, 3.8) is 0 Å². The molecule has 0 heterocycles. The molecular weight excluding hydrogens is 404 g/mol. The number of nitrogens with one attached hydrogen (secondary N) is 2. The van der Waals surface area contributed by atoms with Crippen LogP contribution in [-0.2, 0) is 25.5 Å². The summed E-state index contributed by atoms with van der Waals surface area (Å²) in [6.45, 7) is 7.84. The maximum absolute atomic E-state index is 12.5. The van der Waals surface area contributed by atoms with Crippen LogP contribution in [0.1, 0.15) is 12.5 Å². The minimum Gasteiger partial charge on any atom is -0.468 e. The lowest BCUT2D eigenvalue weighted by molar-refractivity contribution is -0.146. The molecule has 0 bridgehead atoms. The van der Waals surface area contributed by atoms with Crippen LogP contribution in [0.2, 0.25) is 19.6 Å². The molecule has 0 aliphatic rings. The number of hydrogen-bond donors (Lipinski definition) is 2. The van der Waals surface area contributed by atoms with E-state index in [9.17, 15) is 14.4 Å². The van der Waals surface area contributed by atoms with Gasteiger partial charge in [-0.25, -0.2) is 4.79 Å². The number of halogens is 1. The van der Waals surface area contributed by atoms with Crippen molar-refractivity contribution in [1.29, 1.82) is 0 Å². The highest BCUT2D eigenvalue weighted by atomic mass is 79.9. The van der Waals surface area contributed by atoms with Gasteiger partial charge in [-0.15, -0.1) is 0 Å². The molecule has 0 saturated carbocycles. The van der Waals surface area contributed by atoms with E-state index in [4.69, 9.17) is 4.74 Å². The molecule has 0 aromatic heterocycles. The Morgan fingerprint density at radius 2 is 1.84 bits per heavy atom. The zero-order valence-electron chi connectivity index (χ0n) is 15.0. The van der Waals surface area contributed by atoms with Crippen molar-refractivity contribution in [2.24, 2.45) is 0 Å². The van der Waals surface area contributed by atoms with Crippen LogP contribution in [-0.4, -0.2) is 44.7 Å². The smallest absolute Gasteiger partial charge is 0.328 e. The third-order valence-electron chi connectivity index (χ3n) is 3.31. The van der Waals surface area contributed by atoms with E-state index < -0.39 is 32.0 Å². The Labute approximate surface area is 157 Å². The summed E-state index contributed by atoms with van der Waals surface area (Å²) >= 11 is 3.37. The summed E-state index contributed by atoms with van der Waals surface area (Å²) in [6, 6.07) is 5.97. The first-order valence-corrected chi connectivity index (χ1v) is 12.5. The predicted octanol–water partition coefficient (Wildman–Crippen LogP) is 2.03. The van der Waals surface area contributed by atoms with Gasteiger partial charge in [0.25, 0.3) is 0 Å². The molecule has 2 atom stereocenters. The molecule has 8 heteroatoms. The van der Waals surface area contributed by atoms with Crippen LogP contribution >= 0.6 is 15.9 Å². The number of amides is 2. The molecule has 0 fully saturated rings. The van der Waals surface area contributed by atoms with Crippen LogP contribution in [0.25, 0.3) is 0 Å². The first-order valence-electron chi connectivity index (χ1n) is 8.03. The number of benzene rings is 1. The standard InChI is InChI=1S/C17H25BrN2O4Si/c1-12(19-10-21)16(22)20-15(17(23)24-11-25(2,3)4)9-13-5-7-14(18)8-6-13/h5-8,10,12,15H,9,11H2,1-4H3,(H,19,21)(H,20,22)/t12-,15+/m1/s1. The molecule has 6 nitrogen and oxygen atoms in total. The van der Waals surface area contributed by atoms with Gasteiger partial charge in [0, 0.05) is 10.9 Å². The van der Waals surface area contributed by atoms with Gasteiger partial charge in [0.15, 0.2) is 0 Å². The predicted molar refractivity (Wildman–Crippen MR) is 103 cm³/mol. The molecule has 25 heavy (non-hydrogen) atoms. The SMILES string of the molecule is C[C@@H](NC=O)C(=O)N[C@@H](Cc1ccc(Br)cc1)C(=O)OC[Si](C)(C)C. The topological polar surface area (TPSA) is 84.5 Å². The van der Waals surface area contributed by atoms with Gasteiger partial charge in [-0.3, -0.25) is 9.59 Å². The maximum Gasteiger partial charge on any atom is 0.328 e. The zero-order valence-corrected chi connectivity index (χ0v) is 17.6. The molecule has 2 amide bonds. The average Bonchev–Trinajstić information content (AvgIpc) is 2.53. The molecule has 138 valence electrons. The van der Waals surface area contributed by atoms with Crippen LogP contribution in [0.15, 0.2) is 28.7 Å². The van der Waals surface area contributed by atoms with Crippen LogP contribution in [0.5, 0.6) is 0 Å². The quantitative estimate of drug-likeness (QED) is 0.358. The van der Waals surface area contributed by atoms with E-state index in [1.54, 1.807) is 6.92 Å². The van der Waals surface area contributed by atoms with E-state index >= 15 is 0 Å². The van der Waals surface area contributed by atoms with Gasteiger partial charge in [-0.05, 0) is 24.6 Å². The lowest BCUT2D eigenvalue weighted by Gasteiger charge is -2.22. The molecule has 1 rings (SSSR count). The third-order valence-corrected chi connectivity index (χ3v) is 4.85. The zero-order chi connectivity index (χ0) is 19.0. The Kier molecular flexibility index (Phi) is 8.31. The van der Waals surface area contributed by atoms with Crippen LogP contribution in [0, 0.1) is 0 Å². The minimum atomic E-state index is -1.56. The summed E-state index contributed by atoms with van der Waals surface area (Å²) in [7, 11) is -1.56. The van der Waals surface area contributed by atoms with Gasteiger partial charge in [0.2, 0.25) is 12.3 Å². The second-order valence-electron chi connectivity index (χ2n) is 7.07. The van der Waals surface area contributed by atoms with E-state index in [1.807, 2.05) is 24.3 Å². The number of rotatable bonds is 9. The van der Waals surface area contributed by atoms with Crippen LogP contribution < -0.4 is 10.6 Å². The van der Waals surface area contributed by atoms with E-state index in [2.05, 4.69) is 46.2 Å². The maximum atomic E-state index is 12.5. The van der Waals surface area contributed by atoms with Crippen molar-refractivity contribution in [2.45, 2.75) is 45.1 Å². The van der Waals surface area contributed by atoms with Gasteiger partial charge >= 0.3 is 5.97 Å². The van der Waals surface area contributed by atoms with Crippen molar-refractivity contribution in [1.82, 2.24) is 10.6 Å². The summed E-state index contributed by atoms with van der Waals surface area (Å²) in [6.07, 6.45) is 1.16. The molecule has 2 N–H and O–H groups in total. The first kappa shape index (κ1) is 21.4. The Morgan fingerprint density at radius 3 is 2.36 bits per heavy atom. The highest BCUT2D eigenvalue weighted by Crippen LogP contribution is 2.13. The van der Waals surface area contributed by atoms with Gasteiger partial charge in [0.05, 0.1) is 14.3 Å². The van der Waals surface area contributed by atoms with Crippen molar-refractivity contribution >= 4 is 42.3 Å². The van der Waals surface area contributed by atoms with Gasteiger partial charge in [-0.1, -0.05) is 47.7 Å². The molecule has 0 aliphatic carbocycles. The summed E-state index contributed by atoms with van der Waals surface area (Å²) in [4.78, 5) is 35.1. The lowest BCUT2D eigenvalue weighted by atomic mass is 10.1. The summed E-state index contributed by atoms with van der Waals surface area (Å²) < 4.78 is 6.35. The fourth-order valence-corrected chi connectivity index (χ4v) is 2.75. The molecule has 0 radical (unpaired) electrons. The van der Waals surface area contributed by atoms with Gasteiger partial charge in [0.1, 0.15) is 12.1 Å². The van der Waals surface area contributed by atoms with E-state index in [0.29, 0.717) is 19.1 Å². The minimum absolute atomic E-state index is 0.317. The number of hydrogen-bond acceptors (Lipinski definition) is 4. The summed E-state index contributed by atoms with van der Waals surface area (Å²) in [5.41, 5.74) is 0.898. The van der Waals surface area contributed by atoms with Crippen LogP contribution in [0.3, 0.4) is 0 Å². The van der Waals surface area contributed by atoms with E-state index in [-0.39, 0.29) is 0 Å². The molecule has 1 aromatic rings. The Bertz CT molecular complexity index is 602. The van der Waals surface area contributed by atoms with Crippen molar-refractivity contribution in [2.75, 3.05) is 6.23 Å². The number of carbonyl (C=O) groups is 3. The van der Waals surface area contributed by atoms with Crippen molar-refractivity contribution in [3.05, 3.63) is 34.3 Å². The molecule has 0 spiro atoms. The Hall–Kier alpha value is -1.67. The van der Waals surface area contributed by atoms with E-state index in [0.717, 1.165) is 10.0 Å². The lowest BCUT2D eigenvalue weighted by Crippen LogP contribution is -2.50. The normalized spacial score (nSPS) is 13.5. The van der Waals surface area contributed by atoms with Crippen molar-refractivity contribution in [3.8, 4) is 0 Å². The highest BCUT2D eigenvalue weighted by Gasteiger charge is 2.26. The molecule has 0 aliphatic heterocycles.